The summed E-state index contributed by atoms with van der Waals surface area (Å²) in [5.41, 5.74) is 0. The van der Waals surface area contributed by atoms with Crippen LogP contribution >= 0.6 is 0 Å². The Kier molecular flexibility index (Phi) is 40.7. The fourth-order valence-corrected chi connectivity index (χ4v) is 7.25. The maximum absolute atomic E-state index is 13.0. The molecule has 1 amide bonds. The van der Waals surface area contributed by atoms with Gasteiger partial charge in [0, 0.05) is 6.42 Å². The number of rotatable bonds is 42. The maximum atomic E-state index is 13.0. The monoisotopic (exact) mass is 750 g/mol. The molecule has 6 nitrogen and oxygen atoms in total. The van der Waals surface area contributed by atoms with Gasteiger partial charge in [-0.05, 0) is 51.4 Å². The number of carbonyl (C=O) groups is 2. The first-order valence-corrected chi connectivity index (χ1v) is 23.4. The highest BCUT2D eigenvalue weighted by molar-refractivity contribution is 5.77. The number of aliphatic hydroxyl groups excluding tert-OH is 2. The number of ether oxygens (including phenoxy) is 1. The van der Waals surface area contributed by atoms with Crippen LogP contribution in [-0.2, 0) is 14.3 Å². The lowest BCUT2D eigenvalue weighted by Gasteiger charge is -2.24. The molecule has 3 unspecified atom stereocenters. The number of nitrogens with one attached hydrogen (secondary N) is 1. The van der Waals surface area contributed by atoms with Gasteiger partial charge in [-0.2, -0.15) is 0 Å². The molecule has 314 valence electrons. The number of amides is 1. The topological polar surface area (TPSA) is 95.9 Å². The smallest absolute Gasteiger partial charge is 0.306 e. The Bertz CT molecular complexity index is 802. The van der Waals surface area contributed by atoms with Crippen molar-refractivity contribution in [3.8, 4) is 0 Å². The molecule has 0 spiro atoms. The van der Waals surface area contributed by atoms with Crippen molar-refractivity contribution in [2.75, 3.05) is 6.61 Å². The van der Waals surface area contributed by atoms with E-state index in [1.807, 2.05) is 0 Å². The SMILES string of the molecule is CCCCCCCCCCC/C=C/CCCCCCCC(=O)OC(CCCCCCCCC)CC(=O)NC(CO)C(O)CCCCCCCCCCC. The Morgan fingerprint density at radius 3 is 1.34 bits per heavy atom. The number of esters is 1. The molecule has 0 saturated heterocycles. The molecule has 0 radical (unpaired) electrons. The van der Waals surface area contributed by atoms with Crippen LogP contribution in [-0.4, -0.2) is 46.9 Å². The van der Waals surface area contributed by atoms with Crippen LogP contribution in [0.1, 0.15) is 252 Å². The molecule has 0 rings (SSSR count). The molecular formula is C47H91NO5. The van der Waals surface area contributed by atoms with Gasteiger partial charge < -0.3 is 20.3 Å². The first kappa shape index (κ1) is 51.6. The minimum atomic E-state index is -0.779. The quantitative estimate of drug-likeness (QED) is 0.0328. The summed E-state index contributed by atoms with van der Waals surface area (Å²) in [5, 5.41) is 23.5. The number of hydrogen-bond acceptors (Lipinski definition) is 5. The normalized spacial score (nSPS) is 13.4. The zero-order valence-corrected chi connectivity index (χ0v) is 35.7. The highest BCUT2D eigenvalue weighted by Crippen LogP contribution is 2.17. The number of carbonyl (C=O) groups excluding carboxylic acids is 2. The molecule has 0 heterocycles. The highest BCUT2D eigenvalue weighted by Gasteiger charge is 2.24. The Hall–Kier alpha value is -1.40. The highest BCUT2D eigenvalue weighted by atomic mass is 16.5. The Labute approximate surface area is 329 Å². The van der Waals surface area contributed by atoms with E-state index >= 15 is 0 Å². The number of unbranched alkanes of at least 4 members (excludes halogenated alkanes) is 28. The van der Waals surface area contributed by atoms with E-state index in [0.717, 1.165) is 57.8 Å². The Morgan fingerprint density at radius 1 is 0.528 bits per heavy atom. The zero-order valence-electron chi connectivity index (χ0n) is 35.7. The molecule has 0 fully saturated rings. The second kappa shape index (κ2) is 41.8. The van der Waals surface area contributed by atoms with Gasteiger partial charge >= 0.3 is 5.97 Å². The van der Waals surface area contributed by atoms with Crippen molar-refractivity contribution in [3.63, 3.8) is 0 Å². The van der Waals surface area contributed by atoms with E-state index in [1.165, 1.54) is 148 Å². The molecule has 0 aliphatic heterocycles. The average molecular weight is 750 g/mol. The van der Waals surface area contributed by atoms with Crippen LogP contribution in [0.5, 0.6) is 0 Å². The number of hydrogen-bond donors (Lipinski definition) is 3. The summed E-state index contributed by atoms with van der Waals surface area (Å²) in [4.78, 5) is 25.9. The summed E-state index contributed by atoms with van der Waals surface area (Å²) in [5.74, 6) is -0.479. The van der Waals surface area contributed by atoms with Crippen LogP contribution < -0.4 is 5.32 Å². The Morgan fingerprint density at radius 2 is 0.906 bits per heavy atom. The van der Waals surface area contributed by atoms with Crippen molar-refractivity contribution in [3.05, 3.63) is 12.2 Å². The molecule has 3 atom stereocenters. The van der Waals surface area contributed by atoms with Gasteiger partial charge in [0.2, 0.25) is 5.91 Å². The van der Waals surface area contributed by atoms with Crippen molar-refractivity contribution in [1.29, 1.82) is 0 Å². The summed E-state index contributed by atoms with van der Waals surface area (Å²) in [7, 11) is 0. The van der Waals surface area contributed by atoms with Crippen LogP contribution in [0.15, 0.2) is 12.2 Å². The van der Waals surface area contributed by atoms with Crippen LogP contribution in [0.2, 0.25) is 0 Å². The van der Waals surface area contributed by atoms with Crippen molar-refractivity contribution in [1.82, 2.24) is 5.32 Å². The molecule has 0 aromatic heterocycles. The minimum absolute atomic E-state index is 0.0788. The van der Waals surface area contributed by atoms with Gasteiger partial charge in [-0.15, -0.1) is 0 Å². The van der Waals surface area contributed by atoms with Crippen molar-refractivity contribution in [2.24, 2.45) is 0 Å². The molecule has 0 saturated carbocycles. The predicted octanol–water partition coefficient (Wildman–Crippen LogP) is 13.4. The van der Waals surface area contributed by atoms with Crippen molar-refractivity contribution < 1.29 is 24.5 Å². The van der Waals surface area contributed by atoms with Crippen LogP contribution in [0.4, 0.5) is 0 Å². The first-order chi connectivity index (χ1) is 26.0. The van der Waals surface area contributed by atoms with E-state index in [4.69, 9.17) is 4.74 Å². The molecular weight excluding hydrogens is 659 g/mol. The van der Waals surface area contributed by atoms with Crippen LogP contribution in [0.25, 0.3) is 0 Å². The maximum Gasteiger partial charge on any atom is 0.306 e. The standard InChI is InChI=1S/C47H91NO5/c1-4-7-10-13-16-18-19-20-21-22-23-24-25-26-28-31-34-37-40-47(52)53-43(38-35-32-29-15-12-9-6-3)41-46(51)48-44(42-49)45(50)39-36-33-30-27-17-14-11-8-5-2/h23-24,43-45,49-50H,4-22,25-42H2,1-3H3,(H,48,51)/b24-23+. The fraction of sp³-hybridized carbons (Fsp3) is 0.915. The van der Waals surface area contributed by atoms with Crippen LogP contribution in [0.3, 0.4) is 0 Å². The third-order valence-corrected chi connectivity index (χ3v) is 10.8. The second-order valence-electron chi connectivity index (χ2n) is 16.2. The molecule has 53 heavy (non-hydrogen) atoms. The second-order valence-corrected chi connectivity index (χ2v) is 16.2. The lowest BCUT2D eigenvalue weighted by Crippen LogP contribution is -2.46. The summed E-state index contributed by atoms with van der Waals surface area (Å²) in [6.07, 6.45) is 44.3. The minimum Gasteiger partial charge on any atom is -0.462 e. The van der Waals surface area contributed by atoms with Gasteiger partial charge in [0.25, 0.3) is 0 Å². The molecule has 3 N–H and O–H groups in total. The van der Waals surface area contributed by atoms with E-state index in [2.05, 4.69) is 38.2 Å². The summed E-state index contributed by atoms with van der Waals surface area (Å²) >= 11 is 0. The summed E-state index contributed by atoms with van der Waals surface area (Å²) < 4.78 is 5.87. The van der Waals surface area contributed by atoms with Gasteiger partial charge in [-0.1, -0.05) is 200 Å². The van der Waals surface area contributed by atoms with Gasteiger partial charge in [-0.3, -0.25) is 9.59 Å². The molecule has 0 aromatic rings. The molecule has 0 aliphatic carbocycles. The largest absolute Gasteiger partial charge is 0.462 e. The summed E-state index contributed by atoms with van der Waals surface area (Å²) in [6.45, 7) is 6.43. The van der Waals surface area contributed by atoms with Gasteiger partial charge in [-0.25, -0.2) is 0 Å². The van der Waals surface area contributed by atoms with Gasteiger partial charge in [0.05, 0.1) is 25.2 Å². The molecule has 6 heteroatoms. The first-order valence-electron chi connectivity index (χ1n) is 23.4. The molecule has 0 aromatic carbocycles. The Balaban J connectivity index is 4.36. The fourth-order valence-electron chi connectivity index (χ4n) is 7.25. The van der Waals surface area contributed by atoms with E-state index in [-0.39, 0.29) is 24.9 Å². The number of aliphatic hydroxyl groups is 2. The molecule has 0 aliphatic rings. The van der Waals surface area contributed by atoms with E-state index in [0.29, 0.717) is 19.3 Å². The predicted molar refractivity (Wildman–Crippen MR) is 227 cm³/mol. The van der Waals surface area contributed by atoms with E-state index in [1.54, 1.807) is 0 Å². The van der Waals surface area contributed by atoms with Crippen LogP contribution in [0, 0.1) is 0 Å². The zero-order chi connectivity index (χ0) is 38.9. The van der Waals surface area contributed by atoms with E-state index in [9.17, 15) is 19.8 Å². The van der Waals surface area contributed by atoms with Gasteiger partial charge in [0.1, 0.15) is 6.10 Å². The van der Waals surface area contributed by atoms with Crippen molar-refractivity contribution >= 4 is 11.9 Å². The average Bonchev–Trinajstić information content (AvgIpc) is 3.15. The number of allylic oxidation sites excluding steroid dienone is 2. The lowest BCUT2D eigenvalue weighted by atomic mass is 10.0. The lowest BCUT2D eigenvalue weighted by molar-refractivity contribution is -0.151. The van der Waals surface area contributed by atoms with Gasteiger partial charge in [0.15, 0.2) is 0 Å². The molecule has 0 bridgehead atoms. The van der Waals surface area contributed by atoms with Crippen molar-refractivity contribution in [2.45, 2.75) is 270 Å². The third-order valence-electron chi connectivity index (χ3n) is 10.8. The van der Waals surface area contributed by atoms with E-state index < -0.39 is 18.2 Å². The third kappa shape index (κ3) is 37.3. The summed E-state index contributed by atoms with van der Waals surface area (Å²) in [6, 6.07) is -0.693.